The average Bonchev–Trinajstić information content (AvgIpc) is 2.89. The molecular weight excluding hydrogens is 282 g/mol. The Labute approximate surface area is 126 Å². The first-order chi connectivity index (χ1) is 10.7. The van der Waals surface area contributed by atoms with Crippen LogP contribution >= 0.6 is 0 Å². The lowest BCUT2D eigenvalue weighted by molar-refractivity contribution is 0.0538. The summed E-state index contributed by atoms with van der Waals surface area (Å²) in [6.07, 6.45) is 4.91. The minimum atomic E-state index is -0.361. The molecule has 1 aromatic carbocycles. The number of hydroxylamine groups is 1. The minimum absolute atomic E-state index is 0.361. The molecule has 0 saturated carbocycles. The predicted molar refractivity (Wildman–Crippen MR) is 82.7 cm³/mol. The summed E-state index contributed by atoms with van der Waals surface area (Å²) in [7, 11) is 3.27. The van der Waals surface area contributed by atoms with Crippen molar-refractivity contribution in [2.24, 2.45) is 7.05 Å². The fraction of sp³-hybridized carbons (Fsp3) is 0.133. The van der Waals surface area contributed by atoms with Crippen LogP contribution in [0.5, 0.6) is 0 Å². The maximum atomic E-state index is 12.0. The molecule has 0 unspecified atom stereocenters. The topological polar surface area (TPSA) is 81.1 Å². The summed E-state index contributed by atoms with van der Waals surface area (Å²) in [6.45, 7) is 0. The standard InChI is InChI=1S/C15H15N5O2/c1-20-14-7-11(4-3-10(14)8-17-20)18-13-5-6-16-9-12(13)15(21)19-22-2/h3-9H,1-2H3,(H,16,18)(H,19,21). The predicted octanol–water partition coefficient (Wildman–Crippen LogP) is 2.00. The number of hydrogen-bond acceptors (Lipinski definition) is 5. The van der Waals surface area contributed by atoms with E-state index in [1.54, 1.807) is 16.9 Å². The van der Waals surface area contributed by atoms with E-state index in [-0.39, 0.29) is 5.91 Å². The molecule has 1 amide bonds. The van der Waals surface area contributed by atoms with Crippen molar-refractivity contribution in [1.29, 1.82) is 0 Å². The van der Waals surface area contributed by atoms with Gasteiger partial charge in [0.15, 0.2) is 0 Å². The molecule has 2 aromatic heterocycles. The van der Waals surface area contributed by atoms with Crippen LogP contribution in [0.25, 0.3) is 10.9 Å². The lowest BCUT2D eigenvalue weighted by atomic mass is 10.2. The number of benzene rings is 1. The first-order valence-corrected chi connectivity index (χ1v) is 6.65. The molecule has 0 radical (unpaired) electrons. The summed E-state index contributed by atoms with van der Waals surface area (Å²) in [5, 5.41) is 8.49. The third-order valence-corrected chi connectivity index (χ3v) is 3.29. The van der Waals surface area contributed by atoms with E-state index in [0.717, 1.165) is 16.6 Å². The Balaban J connectivity index is 1.94. The van der Waals surface area contributed by atoms with E-state index in [2.05, 4.69) is 25.7 Å². The summed E-state index contributed by atoms with van der Waals surface area (Å²) in [5.74, 6) is -0.361. The molecule has 0 spiro atoms. The van der Waals surface area contributed by atoms with Crippen LogP contribution in [-0.2, 0) is 11.9 Å². The zero-order valence-electron chi connectivity index (χ0n) is 12.2. The van der Waals surface area contributed by atoms with E-state index in [1.807, 2.05) is 31.4 Å². The number of anilines is 2. The second kappa shape index (κ2) is 5.82. The summed E-state index contributed by atoms with van der Waals surface area (Å²) >= 11 is 0. The summed E-state index contributed by atoms with van der Waals surface area (Å²) in [4.78, 5) is 20.6. The number of hydrogen-bond donors (Lipinski definition) is 2. The molecule has 0 bridgehead atoms. The third kappa shape index (κ3) is 2.61. The van der Waals surface area contributed by atoms with Crippen molar-refractivity contribution in [3.05, 3.63) is 48.4 Å². The van der Waals surface area contributed by atoms with E-state index in [4.69, 9.17) is 0 Å². The number of carbonyl (C=O) groups is 1. The van der Waals surface area contributed by atoms with Gasteiger partial charge in [-0.05, 0) is 24.3 Å². The molecule has 0 aliphatic heterocycles. The highest BCUT2D eigenvalue weighted by molar-refractivity contribution is 5.99. The Morgan fingerprint density at radius 3 is 2.95 bits per heavy atom. The maximum absolute atomic E-state index is 12.0. The van der Waals surface area contributed by atoms with Gasteiger partial charge in [0.25, 0.3) is 5.91 Å². The van der Waals surface area contributed by atoms with Gasteiger partial charge in [-0.25, -0.2) is 5.48 Å². The molecule has 7 heteroatoms. The molecular formula is C15H15N5O2. The second-order valence-corrected chi connectivity index (χ2v) is 4.72. The normalized spacial score (nSPS) is 10.6. The van der Waals surface area contributed by atoms with Crippen LogP contribution in [0, 0.1) is 0 Å². The summed E-state index contributed by atoms with van der Waals surface area (Å²) < 4.78 is 1.80. The zero-order valence-corrected chi connectivity index (χ0v) is 12.2. The molecule has 0 aliphatic rings. The fourth-order valence-electron chi connectivity index (χ4n) is 2.21. The van der Waals surface area contributed by atoms with E-state index in [9.17, 15) is 4.79 Å². The number of carbonyl (C=O) groups excluding carboxylic acids is 1. The van der Waals surface area contributed by atoms with Crippen molar-refractivity contribution in [3.63, 3.8) is 0 Å². The van der Waals surface area contributed by atoms with Gasteiger partial charge in [0, 0.05) is 30.5 Å². The second-order valence-electron chi connectivity index (χ2n) is 4.72. The van der Waals surface area contributed by atoms with Crippen LogP contribution in [0.2, 0.25) is 0 Å². The van der Waals surface area contributed by atoms with Gasteiger partial charge in [-0.3, -0.25) is 19.3 Å². The number of rotatable bonds is 4. The number of aromatic nitrogens is 3. The largest absolute Gasteiger partial charge is 0.355 e. The highest BCUT2D eigenvalue weighted by Crippen LogP contribution is 2.23. The van der Waals surface area contributed by atoms with Crippen LogP contribution in [-0.4, -0.2) is 27.8 Å². The summed E-state index contributed by atoms with van der Waals surface area (Å²) in [5.41, 5.74) is 5.19. The number of aryl methyl sites for hydroxylation is 1. The first kappa shape index (κ1) is 14.0. The van der Waals surface area contributed by atoms with Crippen LogP contribution < -0.4 is 10.8 Å². The molecule has 0 saturated heterocycles. The quantitative estimate of drug-likeness (QED) is 0.720. The maximum Gasteiger partial charge on any atom is 0.278 e. The van der Waals surface area contributed by atoms with Gasteiger partial charge in [-0.1, -0.05) is 0 Å². The van der Waals surface area contributed by atoms with Crippen molar-refractivity contribution in [2.45, 2.75) is 0 Å². The van der Waals surface area contributed by atoms with Gasteiger partial charge < -0.3 is 5.32 Å². The van der Waals surface area contributed by atoms with Gasteiger partial charge in [-0.15, -0.1) is 0 Å². The molecule has 0 aliphatic carbocycles. The van der Waals surface area contributed by atoms with Crippen LogP contribution in [0.1, 0.15) is 10.4 Å². The molecule has 3 rings (SSSR count). The molecule has 2 N–H and O–H groups in total. The number of amides is 1. The van der Waals surface area contributed by atoms with E-state index >= 15 is 0 Å². The number of nitrogens with one attached hydrogen (secondary N) is 2. The Bertz CT molecular complexity index is 828. The van der Waals surface area contributed by atoms with Gasteiger partial charge in [0.1, 0.15) is 0 Å². The van der Waals surface area contributed by atoms with Gasteiger partial charge in [0.05, 0.1) is 30.1 Å². The van der Waals surface area contributed by atoms with Crippen molar-refractivity contribution in [1.82, 2.24) is 20.2 Å². The van der Waals surface area contributed by atoms with Gasteiger partial charge in [-0.2, -0.15) is 5.10 Å². The van der Waals surface area contributed by atoms with Gasteiger partial charge in [0.2, 0.25) is 0 Å². The highest BCUT2D eigenvalue weighted by Gasteiger charge is 2.12. The van der Waals surface area contributed by atoms with Crippen molar-refractivity contribution in [2.75, 3.05) is 12.4 Å². The molecule has 7 nitrogen and oxygen atoms in total. The summed E-state index contributed by atoms with van der Waals surface area (Å²) in [6, 6.07) is 7.61. The minimum Gasteiger partial charge on any atom is -0.355 e. The van der Waals surface area contributed by atoms with Crippen LogP contribution in [0.15, 0.2) is 42.9 Å². The lowest BCUT2D eigenvalue weighted by Crippen LogP contribution is -2.22. The van der Waals surface area contributed by atoms with Crippen LogP contribution in [0.4, 0.5) is 11.4 Å². The molecule has 0 atom stereocenters. The zero-order chi connectivity index (χ0) is 15.5. The SMILES string of the molecule is CONC(=O)c1cnccc1Nc1ccc2cnn(C)c2c1. The van der Waals surface area contributed by atoms with E-state index < -0.39 is 0 Å². The van der Waals surface area contributed by atoms with E-state index in [1.165, 1.54) is 13.3 Å². The first-order valence-electron chi connectivity index (χ1n) is 6.65. The molecule has 3 aromatic rings. The Kier molecular flexibility index (Phi) is 3.71. The molecule has 22 heavy (non-hydrogen) atoms. The highest BCUT2D eigenvalue weighted by atomic mass is 16.6. The Hall–Kier alpha value is -2.93. The third-order valence-electron chi connectivity index (χ3n) is 3.29. The van der Waals surface area contributed by atoms with Crippen molar-refractivity contribution in [3.8, 4) is 0 Å². The molecule has 112 valence electrons. The lowest BCUT2D eigenvalue weighted by Gasteiger charge is -2.11. The molecule has 0 fully saturated rings. The van der Waals surface area contributed by atoms with E-state index in [0.29, 0.717) is 11.3 Å². The smallest absolute Gasteiger partial charge is 0.278 e. The number of fused-ring (bicyclic) bond motifs is 1. The monoisotopic (exact) mass is 297 g/mol. The molecule has 2 heterocycles. The van der Waals surface area contributed by atoms with Crippen molar-refractivity contribution < 1.29 is 9.63 Å². The van der Waals surface area contributed by atoms with Crippen molar-refractivity contribution >= 4 is 28.2 Å². The Morgan fingerprint density at radius 1 is 1.27 bits per heavy atom. The van der Waals surface area contributed by atoms with Crippen LogP contribution in [0.3, 0.4) is 0 Å². The number of pyridine rings is 1. The van der Waals surface area contributed by atoms with Gasteiger partial charge >= 0.3 is 0 Å². The fourth-order valence-corrected chi connectivity index (χ4v) is 2.21. The average molecular weight is 297 g/mol. The Morgan fingerprint density at radius 2 is 2.14 bits per heavy atom. The number of nitrogens with zero attached hydrogens (tertiary/aromatic N) is 3.